The molecule has 0 aromatic heterocycles. The van der Waals surface area contributed by atoms with Gasteiger partial charge in [-0.15, -0.1) is 0 Å². The van der Waals surface area contributed by atoms with Crippen LogP contribution in [-0.4, -0.2) is 24.6 Å². The molecule has 2 unspecified atom stereocenters. The summed E-state index contributed by atoms with van der Waals surface area (Å²) in [5.74, 6) is 0.903. The fraction of sp³-hybridized carbons (Fsp3) is 0.462. The van der Waals surface area contributed by atoms with E-state index in [0.29, 0.717) is 13.0 Å². The van der Waals surface area contributed by atoms with Crippen molar-refractivity contribution in [3.05, 3.63) is 28.7 Å². The van der Waals surface area contributed by atoms with Crippen molar-refractivity contribution in [2.75, 3.05) is 6.61 Å². The molecule has 0 bridgehead atoms. The molecule has 1 saturated carbocycles. The van der Waals surface area contributed by atoms with Crippen LogP contribution in [0.25, 0.3) is 0 Å². The highest BCUT2D eigenvalue weighted by molar-refractivity contribution is 9.10. The van der Waals surface area contributed by atoms with Gasteiger partial charge in [-0.25, -0.2) is 0 Å². The third kappa shape index (κ3) is 3.07. The summed E-state index contributed by atoms with van der Waals surface area (Å²) in [5.41, 5.74) is 0. The minimum atomic E-state index is -0.381. The van der Waals surface area contributed by atoms with Crippen molar-refractivity contribution in [1.82, 2.24) is 0 Å². The highest BCUT2D eigenvalue weighted by Gasteiger charge is 2.42. The predicted octanol–water partition coefficient (Wildman–Crippen LogP) is 2.96. The van der Waals surface area contributed by atoms with Crippen LogP contribution in [0.3, 0.4) is 0 Å². The van der Waals surface area contributed by atoms with Crippen LogP contribution < -0.4 is 4.74 Å². The van der Waals surface area contributed by atoms with Gasteiger partial charge in [0.25, 0.3) is 0 Å². The Kier molecular flexibility index (Phi) is 4.18. The molecule has 0 aliphatic heterocycles. The molecule has 0 saturated heterocycles. The second kappa shape index (κ2) is 5.65. The summed E-state index contributed by atoms with van der Waals surface area (Å²) in [6.45, 7) is 2.63. The van der Waals surface area contributed by atoms with E-state index in [2.05, 4.69) is 15.9 Å². The normalized spacial score (nSPS) is 23.3. The Morgan fingerprint density at radius 2 is 2.29 bits per heavy atom. The summed E-state index contributed by atoms with van der Waals surface area (Å²) in [4.78, 5) is 11.4. The number of ether oxygens (including phenoxy) is 2. The van der Waals surface area contributed by atoms with Gasteiger partial charge < -0.3 is 9.47 Å². The third-order valence-electron chi connectivity index (χ3n) is 2.64. The maximum Gasteiger partial charge on any atom is 0.169 e. The van der Waals surface area contributed by atoms with Gasteiger partial charge in [0, 0.05) is 17.5 Å². The van der Waals surface area contributed by atoms with Gasteiger partial charge in [-0.1, -0.05) is 28.9 Å². The quantitative estimate of drug-likeness (QED) is 0.838. The standard InChI is InChI=1S/C13H15BrO3/c1-2-6-16-13-11(15)8-12(13)17-10-5-3-4-9(14)7-10/h3-5,7,12-13H,2,6,8H2,1H3. The number of Topliss-reactive ketones (excluding diaryl/α,β-unsaturated/α-hetero) is 1. The van der Waals surface area contributed by atoms with E-state index in [0.717, 1.165) is 16.6 Å². The van der Waals surface area contributed by atoms with E-state index in [1.165, 1.54) is 0 Å². The zero-order valence-corrected chi connectivity index (χ0v) is 11.3. The molecule has 0 spiro atoms. The van der Waals surface area contributed by atoms with Gasteiger partial charge in [0.1, 0.15) is 11.9 Å². The largest absolute Gasteiger partial charge is 0.487 e. The SMILES string of the molecule is CCCOC1C(=O)CC1Oc1cccc(Br)c1. The van der Waals surface area contributed by atoms with Crippen molar-refractivity contribution >= 4 is 21.7 Å². The van der Waals surface area contributed by atoms with E-state index >= 15 is 0 Å². The molecule has 2 atom stereocenters. The second-order valence-electron chi connectivity index (χ2n) is 4.08. The topological polar surface area (TPSA) is 35.5 Å². The van der Waals surface area contributed by atoms with Gasteiger partial charge in [-0.05, 0) is 24.6 Å². The van der Waals surface area contributed by atoms with E-state index in [4.69, 9.17) is 9.47 Å². The minimum absolute atomic E-state index is 0.136. The number of hydrogen-bond acceptors (Lipinski definition) is 3. The fourth-order valence-corrected chi connectivity index (χ4v) is 2.11. The van der Waals surface area contributed by atoms with Crippen LogP contribution in [0.5, 0.6) is 5.75 Å². The monoisotopic (exact) mass is 298 g/mol. The average Bonchev–Trinajstić information content (AvgIpc) is 2.29. The lowest BCUT2D eigenvalue weighted by molar-refractivity contribution is -0.154. The Labute approximate surface area is 109 Å². The maximum absolute atomic E-state index is 11.4. The van der Waals surface area contributed by atoms with Gasteiger partial charge in [0.2, 0.25) is 0 Å². The van der Waals surface area contributed by atoms with Gasteiger partial charge in [-0.3, -0.25) is 4.79 Å². The molecule has 17 heavy (non-hydrogen) atoms. The summed E-state index contributed by atoms with van der Waals surface area (Å²) in [7, 11) is 0. The maximum atomic E-state index is 11.4. The van der Waals surface area contributed by atoms with E-state index in [1.54, 1.807) is 0 Å². The van der Waals surface area contributed by atoms with E-state index in [-0.39, 0.29) is 18.0 Å². The molecular formula is C13H15BrO3. The number of hydrogen-bond donors (Lipinski definition) is 0. The fourth-order valence-electron chi connectivity index (χ4n) is 1.73. The lowest BCUT2D eigenvalue weighted by atomic mass is 9.90. The van der Waals surface area contributed by atoms with Crippen LogP contribution in [0.1, 0.15) is 19.8 Å². The zero-order chi connectivity index (χ0) is 12.3. The Hall–Kier alpha value is -0.870. The lowest BCUT2D eigenvalue weighted by Crippen LogP contribution is -2.52. The molecular weight excluding hydrogens is 284 g/mol. The van der Waals surface area contributed by atoms with Crippen LogP contribution in [0.4, 0.5) is 0 Å². The van der Waals surface area contributed by atoms with E-state index < -0.39 is 0 Å². The van der Waals surface area contributed by atoms with Crippen molar-refractivity contribution in [3.8, 4) is 5.75 Å². The summed E-state index contributed by atoms with van der Waals surface area (Å²) in [6.07, 6.45) is 0.839. The van der Waals surface area contributed by atoms with E-state index in [9.17, 15) is 4.79 Å². The number of carbonyl (C=O) groups is 1. The van der Waals surface area contributed by atoms with Gasteiger partial charge in [0.05, 0.1) is 0 Å². The Bertz CT molecular complexity index is 405. The number of carbonyl (C=O) groups excluding carboxylic acids is 1. The highest BCUT2D eigenvalue weighted by atomic mass is 79.9. The number of rotatable bonds is 5. The molecule has 3 nitrogen and oxygen atoms in total. The van der Waals surface area contributed by atoms with Crippen LogP contribution in [0.15, 0.2) is 28.7 Å². The van der Waals surface area contributed by atoms with Crippen LogP contribution >= 0.6 is 15.9 Å². The molecule has 0 amide bonds. The lowest BCUT2D eigenvalue weighted by Gasteiger charge is -2.34. The molecule has 1 fully saturated rings. The number of halogens is 1. The summed E-state index contributed by atoms with van der Waals surface area (Å²) in [6, 6.07) is 7.61. The molecule has 4 heteroatoms. The third-order valence-corrected chi connectivity index (χ3v) is 3.14. The summed E-state index contributed by atoms with van der Waals surface area (Å²) in [5, 5.41) is 0. The van der Waals surface area contributed by atoms with Crippen LogP contribution in [0, 0.1) is 0 Å². The molecule has 0 N–H and O–H groups in total. The molecule has 0 heterocycles. The molecule has 2 rings (SSSR count). The first kappa shape index (κ1) is 12.6. The van der Waals surface area contributed by atoms with Gasteiger partial charge in [0.15, 0.2) is 11.9 Å². The number of benzene rings is 1. The van der Waals surface area contributed by atoms with Crippen molar-refractivity contribution in [2.45, 2.75) is 32.0 Å². The summed E-state index contributed by atoms with van der Waals surface area (Å²) >= 11 is 3.38. The average molecular weight is 299 g/mol. The van der Waals surface area contributed by atoms with Crippen LogP contribution in [-0.2, 0) is 9.53 Å². The van der Waals surface area contributed by atoms with Crippen molar-refractivity contribution < 1.29 is 14.3 Å². The molecule has 1 aliphatic rings. The smallest absolute Gasteiger partial charge is 0.169 e. The second-order valence-corrected chi connectivity index (χ2v) is 4.99. The molecule has 1 aromatic carbocycles. The molecule has 92 valence electrons. The first-order valence-corrected chi connectivity index (χ1v) is 6.56. The molecule has 0 radical (unpaired) electrons. The van der Waals surface area contributed by atoms with Crippen molar-refractivity contribution in [2.24, 2.45) is 0 Å². The summed E-state index contributed by atoms with van der Waals surface area (Å²) < 4.78 is 12.2. The Balaban J connectivity index is 1.93. The van der Waals surface area contributed by atoms with E-state index in [1.807, 2.05) is 31.2 Å². The van der Waals surface area contributed by atoms with Crippen LogP contribution in [0.2, 0.25) is 0 Å². The van der Waals surface area contributed by atoms with Crippen molar-refractivity contribution in [3.63, 3.8) is 0 Å². The Morgan fingerprint density at radius 1 is 1.47 bits per heavy atom. The van der Waals surface area contributed by atoms with Gasteiger partial charge >= 0.3 is 0 Å². The first-order chi connectivity index (χ1) is 8.20. The molecule has 1 aromatic rings. The molecule has 1 aliphatic carbocycles. The predicted molar refractivity (Wildman–Crippen MR) is 68.2 cm³/mol. The highest BCUT2D eigenvalue weighted by Crippen LogP contribution is 2.27. The first-order valence-electron chi connectivity index (χ1n) is 5.77. The van der Waals surface area contributed by atoms with Crippen molar-refractivity contribution in [1.29, 1.82) is 0 Å². The Morgan fingerprint density at radius 3 is 2.94 bits per heavy atom. The minimum Gasteiger partial charge on any atom is -0.487 e. The van der Waals surface area contributed by atoms with Gasteiger partial charge in [-0.2, -0.15) is 0 Å². The number of ketones is 1. The zero-order valence-electron chi connectivity index (χ0n) is 9.69.